The molecule has 11 heteroatoms. The van der Waals surface area contributed by atoms with Crippen molar-refractivity contribution >= 4 is 34.3 Å². The number of carboxylic acid groups (broad SMARTS) is 1. The maximum absolute atomic E-state index is 10.6. The molecule has 0 amide bonds. The molecule has 0 bridgehead atoms. The lowest BCUT2D eigenvalue weighted by Crippen LogP contribution is -2.24. The number of fused-ring (bicyclic) bond motifs is 2. The van der Waals surface area contributed by atoms with Gasteiger partial charge in [-0.1, -0.05) is 42.5 Å². The number of anilines is 2. The van der Waals surface area contributed by atoms with Gasteiger partial charge in [0, 0.05) is 36.8 Å². The van der Waals surface area contributed by atoms with E-state index in [4.69, 9.17) is 26.4 Å². The van der Waals surface area contributed by atoms with Gasteiger partial charge in [-0.2, -0.15) is 13.2 Å². The third-order valence-corrected chi connectivity index (χ3v) is 5.34. The number of hydrogen-bond acceptors (Lipinski definition) is 5. The molecule has 0 radical (unpaired) electrons. The molecule has 0 saturated heterocycles. The number of nitrogens with one attached hydrogen (secondary N) is 1. The van der Waals surface area contributed by atoms with Crippen LogP contribution in [0.15, 0.2) is 59.6 Å². The molecule has 0 spiro atoms. The minimum atomic E-state index is -5.08. The Kier molecular flexibility index (Phi) is 8.34. The summed E-state index contributed by atoms with van der Waals surface area (Å²) in [4.78, 5) is 20.3. The number of nitrogens with two attached hydrogens (primary N) is 2. The topological polar surface area (TPSA) is 130 Å². The van der Waals surface area contributed by atoms with Gasteiger partial charge < -0.3 is 26.8 Å². The van der Waals surface area contributed by atoms with Crippen molar-refractivity contribution < 1.29 is 23.1 Å². The zero-order valence-corrected chi connectivity index (χ0v) is 18.9. The fraction of sp³-hybridized carbons (Fsp3) is 0.292. The molecule has 2 heterocycles. The third-order valence-electron chi connectivity index (χ3n) is 5.34. The quantitative estimate of drug-likeness (QED) is 0.246. The van der Waals surface area contributed by atoms with Gasteiger partial charge in [0.2, 0.25) is 0 Å². The van der Waals surface area contributed by atoms with Crippen molar-refractivity contribution in [2.24, 2.45) is 16.5 Å². The van der Waals surface area contributed by atoms with Crippen LogP contribution in [0.4, 0.5) is 24.7 Å². The number of aryl methyl sites for hydroxylation is 1. The van der Waals surface area contributed by atoms with Gasteiger partial charge in [0.15, 0.2) is 5.96 Å². The molecule has 8 nitrogen and oxygen atoms in total. The van der Waals surface area contributed by atoms with E-state index in [0.717, 1.165) is 48.3 Å². The van der Waals surface area contributed by atoms with Gasteiger partial charge in [-0.3, -0.25) is 4.99 Å². The van der Waals surface area contributed by atoms with E-state index in [1.807, 2.05) is 12.1 Å². The van der Waals surface area contributed by atoms with Gasteiger partial charge in [-0.05, 0) is 30.0 Å². The number of hydrogen-bond donors (Lipinski definition) is 4. The number of benzene rings is 2. The van der Waals surface area contributed by atoms with Crippen molar-refractivity contribution in [2.75, 3.05) is 29.9 Å². The molecule has 186 valence electrons. The summed E-state index contributed by atoms with van der Waals surface area (Å²) >= 11 is 0. The molecule has 0 atom stereocenters. The zero-order valence-electron chi connectivity index (χ0n) is 18.9. The molecule has 35 heavy (non-hydrogen) atoms. The molecule has 3 aromatic rings. The summed E-state index contributed by atoms with van der Waals surface area (Å²) in [6.07, 6.45) is -2.84. The van der Waals surface area contributed by atoms with Gasteiger partial charge in [0.25, 0.3) is 0 Å². The van der Waals surface area contributed by atoms with Crippen LogP contribution in [0.1, 0.15) is 17.5 Å². The van der Waals surface area contributed by atoms with Crippen molar-refractivity contribution in [1.29, 1.82) is 0 Å². The minimum Gasteiger partial charge on any atom is -0.475 e. The van der Waals surface area contributed by atoms with Crippen molar-refractivity contribution in [1.82, 2.24) is 4.98 Å². The minimum absolute atomic E-state index is 0.116. The van der Waals surface area contributed by atoms with Crippen LogP contribution in [0, 0.1) is 0 Å². The molecule has 2 aromatic carbocycles. The largest absolute Gasteiger partial charge is 0.490 e. The Labute approximate surface area is 200 Å². The number of rotatable bonds is 5. The first-order valence-corrected chi connectivity index (χ1v) is 11.0. The molecule has 1 aliphatic rings. The van der Waals surface area contributed by atoms with Crippen LogP contribution >= 0.6 is 0 Å². The molecular weight excluding hydrogens is 461 g/mol. The SMILES string of the molecule is NC(N)=NCCNc1cc(N2CCCc3ccccc3C2)nc2ccccc12.O=C(O)C(F)(F)F. The van der Waals surface area contributed by atoms with E-state index < -0.39 is 12.1 Å². The molecule has 1 aromatic heterocycles. The normalized spacial score (nSPS) is 13.2. The highest BCUT2D eigenvalue weighted by Gasteiger charge is 2.38. The lowest BCUT2D eigenvalue weighted by molar-refractivity contribution is -0.192. The number of pyridine rings is 1. The molecule has 0 aliphatic carbocycles. The van der Waals surface area contributed by atoms with E-state index in [1.54, 1.807) is 0 Å². The predicted octanol–water partition coefficient (Wildman–Crippen LogP) is 3.51. The molecule has 1 aliphatic heterocycles. The number of carbonyl (C=O) groups is 1. The summed E-state index contributed by atoms with van der Waals surface area (Å²) in [6.45, 7) is 3.07. The molecular formula is C24H27F3N6O2. The first-order chi connectivity index (χ1) is 16.6. The molecule has 6 N–H and O–H groups in total. The average Bonchev–Trinajstić information content (AvgIpc) is 3.04. The number of aromatic nitrogens is 1. The number of halogens is 3. The monoisotopic (exact) mass is 488 g/mol. The maximum Gasteiger partial charge on any atom is 0.490 e. The maximum atomic E-state index is 10.6. The number of aliphatic carboxylic acids is 1. The summed E-state index contributed by atoms with van der Waals surface area (Å²) < 4.78 is 31.7. The van der Waals surface area contributed by atoms with E-state index in [9.17, 15) is 13.2 Å². The average molecular weight is 489 g/mol. The van der Waals surface area contributed by atoms with Crippen molar-refractivity contribution in [3.05, 3.63) is 65.7 Å². The highest BCUT2D eigenvalue weighted by atomic mass is 19.4. The van der Waals surface area contributed by atoms with E-state index in [-0.39, 0.29) is 5.96 Å². The number of guanidine groups is 1. The lowest BCUT2D eigenvalue weighted by Gasteiger charge is -2.23. The van der Waals surface area contributed by atoms with Crippen LogP contribution in [-0.4, -0.2) is 47.8 Å². The number of alkyl halides is 3. The summed E-state index contributed by atoms with van der Waals surface area (Å²) in [7, 11) is 0. The Balaban J connectivity index is 0.000000429. The van der Waals surface area contributed by atoms with Crippen LogP contribution in [-0.2, 0) is 17.8 Å². The number of aliphatic imine (C=N–C) groups is 1. The van der Waals surface area contributed by atoms with Gasteiger partial charge in [0.1, 0.15) is 5.82 Å². The standard InChI is InChI=1S/C22H26N6.C2HF3O2/c23-22(24)26-12-11-25-20-14-21(27-19-10-4-3-9-18(19)20)28-13-5-8-16-6-1-2-7-17(16)15-28;3-2(4,5)1(6)7/h1-4,6-7,9-10,14H,5,8,11-13,15H2,(H,25,27)(H4,23,24,26);(H,6,7). The summed E-state index contributed by atoms with van der Waals surface area (Å²) in [5.41, 5.74) is 15.7. The van der Waals surface area contributed by atoms with Crippen LogP contribution in [0.2, 0.25) is 0 Å². The van der Waals surface area contributed by atoms with Crippen LogP contribution < -0.4 is 21.7 Å². The molecule has 0 saturated carbocycles. The second kappa shape index (κ2) is 11.4. The Hall–Kier alpha value is -4.02. The lowest BCUT2D eigenvalue weighted by atomic mass is 10.0. The number of para-hydroxylation sites is 1. The third kappa shape index (κ3) is 7.23. The van der Waals surface area contributed by atoms with Gasteiger partial charge in [-0.15, -0.1) is 0 Å². The second-order valence-electron chi connectivity index (χ2n) is 7.88. The Morgan fingerprint density at radius 3 is 2.46 bits per heavy atom. The fourth-order valence-electron chi connectivity index (χ4n) is 3.74. The summed E-state index contributed by atoms with van der Waals surface area (Å²) in [5, 5.41) is 11.7. The van der Waals surface area contributed by atoms with Crippen LogP contribution in [0.3, 0.4) is 0 Å². The van der Waals surface area contributed by atoms with Gasteiger partial charge >= 0.3 is 12.1 Å². The molecule has 0 fully saturated rings. The van der Waals surface area contributed by atoms with Crippen molar-refractivity contribution in [3.8, 4) is 0 Å². The Morgan fingerprint density at radius 2 is 1.77 bits per heavy atom. The van der Waals surface area contributed by atoms with E-state index in [0.29, 0.717) is 13.1 Å². The Bertz CT molecular complexity index is 1200. The van der Waals surface area contributed by atoms with Crippen molar-refractivity contribution in [2.45, 2.75) is 25.6 Å². The van der Waals surface area contributed by atoms with Crippen molar-refractivity contribution in [3.63, 3.8) is 0 Å². The van der Waals surface area contributed by atoms with E-state index in [2.05, 4.69) is 57.7 Å². The first-order valence-electron chi connectivity index (χ1n) is 11.0. The summed E-state index contributed by atoms with van der Waals surface area (Å²) in [5.74, 6) is -1.64. The first kappa shape index (κ1) is 25.6. The highest BCUT2D eigenvalue weighted by molar-refractivity contribution is 5.93. The smallest absolute Gasteiger partial charge is 0.475 e. The zero-order chi connectivity index (χ0) is 25.4. The predicted molar refractivity (Wildman–Crippen MR) is 130 cm³/mol. The molecule has 4 rings (SSSR count). The highest BCUT2D eigenvalue weighted by Crippen LogP contribution is 2.29. The second-order valence-corrected chi connectivity index (χ2v) is 7.88. The number of nitrogens with zero attached hydrogens (tertiary/aromatic N) is 3. The Morgan fingerprint density at radius 1 is 1.11 bits per heavy atom. The fourth-order valence-corrected chi connectivity index (χ4v) is 3.74. The number of carboxylic acids is 1. The van der Waals surface area contributed by atoms with Crippen LogP contribution in [0.25, 0.3) is 10.9 Å². The van der Waals surface area contributed by atoms with E-state index >= 15 is 0 Å². The van der Waals surface area contributed by atoms with Gasteiger partial charge in [0.05, 0.1) is 12.1 Å². The summed E-state index contributed by atoms with van der Waals surface area (Å²) in [6, 6.07) is 19.1. The van der Waals surface area contributed by atoms with Crippen LogP contribution in [0.5, 0.6) is 0 Å². The molecule has 0 unspecified atom stereocenters. The van der Waals surface area contributed by atoms with Gasteiger partial charge in [-0.25, -0.2) is 9.78 Å². The van der Waals surface area contributed by atoms with E-state index in [1.165, 1.54) is 11.1 Å².